The fraction of sp³-hybridized carbons (Fsp3) is 0.526. The summed E-state index contributed by atoms with van der Waals surface area (Å²) in [6.45, 7) is 2.79. The molecule has 3 heterocycles. The number of hydrogen-bond donors (Lipinski definition) is 0. The SMILES string of the molecule is Cc1ccc2c(c1)CCC(C(=O)N1CCCCCC1c1ncon1)O2. The number of ether oxygens (including phenoxy) is 1. The molecule has 4 rings (SSSR count). The molecular formula is C19H23N3O3. The van der Waals surface area contributed by atoms with Crippen molar-refractivity contribution >= 4 is 5.91 Å². The Balaban J connectivity index is 1.55. The van der Waals surface area contributed by atoms with E-state index in [2.05, 4.69) is 23.1 Å². The van der Waals surface area contributed by atoms with E-state index in [9.17, 15) is 4.79 Å². The molecule has 0 aliphatic carbocycles. The highest BCUT2D eigenvalue weighted by atomic mass is 16.5. The van der Waals surface area contributed by atoms with E-state index in [1.165, 1.54) is 17.5 Å². The van der Waals surface area contributed by atoms with Crippen LogP contribution in [0.2, 0.25) is 0 Å². The second kappa shape index (κ2) is 6.86. The van der Waals surface area contributed by atoms with Crippen molar-refractivity contribution in [3.8, 4) is 5.75 Å². The first-order valence-electron chi connectivity index (χ1n) is 9.05. The van der Waals surface area contributed by atoms with Crippen LogP contribution in [-0.4, -0.2) is 33.6 Å². The molecule has 2 aliphatic heterocycles. The summed E-state index contributed by atoms with van der Waals surface area (Å²) in [4.78, 5) is 19.3. The Morgan fingerprint density at radius 3 is 3.00 bits per heavy atom. The van der Waals surface area contributed by atoms with Crippen molar-refractivity contribution in [2.24, 2.45) is 0 Å². The third kappa shape index (κ3) is 3.25. The van der Waals surface area contributed by atoms with Crippen molar-refractivity contribution in [2.45, 2.75) is 57.6 Å². The number of likely N-dealkylation sites (tertiary alicyclic amines) is 1. The van der Waals surface area contributed by atoms with E-state index >= 15 is 0 Å². The highest BCUT2D eigenvalue weighted by molar-refractivity contribution is 5.82. The monoisotopic (exact) mass is 341 g/mol. The molecule has 1 amide bonds. The minimum atomic E-state index is -0.428. The van der Waals surface area contributed by atoms with Gasteiger partial charge in [-0.05, 0) is 44.2 Å². The van der Waals surface area contributed by atoms with Crippen LogP contribution >= 0.6 is 0 Å². The Kier molecular flexibility index (Phi) is 4.42. The van der Waals surface area contributed by atoms with E-state index in [1.807, 2.05) is 17.0 Å². The van der Waals surface area contributed by atoms with Crippen LogP contribution in [-0.2, 0) is 11.2 Å². The molecule has 0 saturated carbocycles. The maximum atomic E-state index is 13.2. The lowest BCUT2D eigenvalue weighted by atomic mass is 9.99. The predicted molar refractivity (Wildman–Crippen MR) is 91.1 cm³/mol. The molecule has 0 N–H and O–H groups in total. The number of carbonyl (C=O) groups is 1. The Bertz CT molecular complexity index is 744. The fourth-order valence-corrected chi connectivity index (χ4v) is 3.84. The van der Waals surface area contributed by atoms with Crippen LogP contribution in [0.5, 0.6) is 5.75 Å². The predicted octanol–water partition coefficient (Wildman–Crippen LogP) is 3.22. The molecule has 0 radical (unpaired) electrons. The molecule has 0 bridgehead atoms. The van der Waals surface area contributed by atoms with Gasteiger partial charge in [0.05, 0.1) is 6.04 Å². The lowest BCUT2D eigenvalue weighted by molar-refractivity contribution is -0.142. The summed E-state index contributed by atoms with van der Waals surface area (Å²) < 4.78 is 11.0. The number of rotatable bonds is 2. The number of carbonyl (C=O) groups excluding carboxylic acids is 1. The summed E-state index contributed by atoms with van der Waals surface area (Å²) in [5, 5.41) is 3.98. The molecule has 132 valence electrons. The number of benzene rings is 1. The Morgan fingerprint density at radius 1 is 1.24 bits per heavy atom. The molecule has 2 atom stereocenters. The van der Waals surface area contributed by atoms with Crippen LogP contribution in [0.1, 0.15) is 55.1 Å². The summed E-state index contributed by atoms with van der Waals surface area (Å²) in [7, 11) is 0. The van der Waals surface area contributed by atoms with Crippen LogP contribution < -0.4 is 4.74 Å². The van der Waals surface area contributed by atoms with Gasteiger partial charge < -0.3 is 14.2 Å². The van der Waals surface area contributed by atoms with Gasteiger partial charge in [-0.15, -0.1) is 0 Å². The molecule has 1 saturated heterocycles. The first kappa shape index (κ1) is 16.1. The van der Waals surface area contributed by atoms with Crippen LogP contribution in [0, 0.1) is 6.92 Å². The standard InChI is InChI=1S/C19H23N3O3/c1-13-6-8-16-14(11-13)7-9-17(25-16)19(23)22-10-4-2-3-5-15(22)18-20-12-24-21-18/h6,8,11-12,15,17H,2-5,7,9-10H2,1H3. The van der Waals surface area contributed by atoms with Crippen molar-refractivity contribution in [1.82, 2.24) is 15.0 Å². The summed E-state index contributed by atoms with van der Waals surface area (Å²) in [6, 6.07) is 6.03. The molecule has 0 spiro atoms. The molecule has 2 unspecified atom stereocenters. The molecule has 25 heavy (non-hydrogen) atoms. The maximum absolute atomic E-state index is 13.2. The largest absolute Gasteiger partial charge is 0.480 e. The average Bonchev–Trinajstić information content (AvgIpc) is 3.05. The lowest BCUT2D eigenvalue weighted by Crippen LogP contribution is -2.45. The molecule has 1 fully saturated rings. The highest BCUT2D eigenvalue weighted by Crippen LogP contribution is 2.33. The normalized spacial score (nSPS) is 23.5. The third-order valence-corrected chi connectivity index (χ3v) is 5.15. The zero-order chi connectivity index (χ0) is 17.2. The van der Waals surface area contributed by atoms with Gasteiger partial charge in [0.25, 0.3) is 5.91 Å². The number of aryl methyl sites for hydroxylation is 2. The van der Waals surface area contributed by atoms with Crippen LogP contribution in [0.3, 0.4) is 0 Å². The average molecular weight is 341 g/mol. The highest BCUT2D eigenvalue weighted by Gasteiger charge is 2.36. The summed E-state index contributed by atoms with van der Waals surface area (Å²) >= 11 is 0. The van der Waals surface area contributed by atoms with Crippen LogP contribution in [0.4, 0.5) is 0 Å². The molecule has 6 nitrogen and oxygen atoms in total. The molecule has 2 aromatic rings. The van der Waals surface area contributed by atoms with Gasteiger partial charge in [0.1, 0.15) is 5.75 Å². The summed E-state index contributed by atoms with van der Waals surface area (Å²) in [5.41, 5.74) is 2.41. The summed E-state index contributed by atoms with van der Waals surface area (Å²) in [5.74, 6) is 1.48. The van der Waals surface area contributed by atoms with Gasteiger partial charge in [-0.2, -0.15) is 4.98 Å². The second-order valence-corrected chi connectivity index (χ2v) is 6.94. The minimum absolute atomic E-state index is 0.0444. The maximum Gasteiger partial charge on any atom is 0.264 e. The van der Waals surface area contributed by atoms with Crippen LogP contribution in [0.15, 0.2) is 29.1 Å². The Morgan fingerprint density at radius 2 is 2.16 bits per heavy atom. The lowest BCUT2D eigenvalue weighted by Gasteiger charge is -2.33. The quantitative estimate of drug-likeness (QED) is 0.839. The Hall–Kier alpha value is -2.37. The zero-order valence-electron chi connectivity index (χ0n) is 14.5. The van der Waals surface area contributed by atoms with Crippen molar-refractivity contribution in [3.63, 3.8) is 0 Å². The van der Waals surface area contributed by atoms with Crippen molar-refractivity contribution < 1.29 is 14.1 Å². The second-order valence-electron chi connectivity index (χ2n) is 6.94. The first-order valence-corrected chi connectivity index (χ1v) is 9.05. The molecule has 6 heteroatoms. The van der Waals surface area contributed by atoms with Gasteiger partial charge in [0, 0.05) is 6.54 Å². The Labute approximate surface area is 147 Å². The van der Waals surface area contributed by atoms with Gasteiger partial charge >= 0.3 is 0 Å². The molecule has 2 aliphatic rings. The van der Waals surface area contributed by atoms with Gasteiger partial charge in [0.2, 0.25) is 6.39 Å². The van der Waals surface area contributed by atoms with Gasteiger partial charge in [-0.1, -0.05) is 35.7 Å². The van der Waals surface area contributed by atoms with Gasteiger partial charge in [0.15, 0.2) is 11.9 Å². The minimum Gasteiger partial charge on any atom is -0.480 e. The number of nitrogens with zero attached hydrogens (tertiary/aromatic N) is 3. The first-order chi connectivity index (χ1) is 12.2. The zero-order valence-corrected chi connectivity index (χ0v) is 14.5. The van der Waals surface area contributed by atoms with Crippen molar-refractivity contribution in [3.05, 3.63) is 41.5 Å². The fourth-order valence-electron chi connectivity index (χ4n) is 3.84. The number of fused-ring (bicyclic) bond motifs is 1. The van der Waals surface area contributed by atoms with Crippen molar-refractivity contribution in [2.75, 3.05) is 6.54 Å². The molecule has 1 aromatic carbocycles. The van der Waals surface area contributed by atoms with E-state index in [0.29, 0.717) is 12.2 Å². The van der Waals surface area contributed by atoms with Gasteiger partial charge in [-0.3, -0.25) is 4.79 Å². The number of amides is 1. The van der Waals surface area contributed by atoms with E-state index in [4.69, 9.17) is 9.26 Å². The molecular weight excluding hydrogens is 318 g/mol. The summed E-state index contributed by atoms with van der Waals surface area (Å²) in [6.07, 6.45) is 6.54. The smallest absolute Gasteiger partial charge is 0.264 e. The van der Waals surface area contributed by atoms with E-state index < -0.39 is 6.10 Å². The van der Waals surface area contributed by atoms with E-state index in [1.54, 1.807) is 0 Å². The topological polar surface area (TPSA) is 68.5 Å². The molecule has 1 aromatic heterocycles. The number of aromatic nitrogens is 2. The van der Waals surface area contributed by atoms with E-state index in [-0.39, 0.29) is 11.9 Å². The number of hydrogen-bond acceptors (Lipinski definition) is 5. The van der Waals surface area contributed by atoms with E-state index in [0.717, 1.165) is 44.4 Å². The van der Waals surface area contributed by atoms with Crippen LogP contribution in [0.25, 0.3) is 0 Å². The van der Waals surface area contributed by atoms with Crippen molar-refractivity contribution in [1.29, 1.82) is 0 Å². The van der Waals surface area contributed by atoms with Gasteiger partial charge in [-0.25, -0.2) is 0 Å². The third-order valence-electron chi connectivity index (χ3n) is 5.15.